The van der Waals surface area contributed by atoms with E-state index in [2.05, 4.69) is 5.32 Å². The molecule has 2 rings (SSSR count). The van der Waals surface area contributed by atoms with Crippen LogP contribution in [0.2, 0.25) is 0 Å². The van der Waals surface area contributed by atoms with Crippen molar-refractivity contribution in [1.29, 1.82) is 0 Å². The maximum Gasteiger partial charge on any atom is 0.242 e. The highest BCUT2D eigenvalue weighted by atomic mass is 16.5. The summed E-state index contributed by atoms with van der Waals surface area (Å²) in [6, 6.07) is 14.3. The third kappa shape index (κ3) is 8.33. The summed E-state index contributed by atoms with van der Waals surface area (Å²) in [6.45, 7) is 6.49. The minimum Gasteiger partial charge on any atom is -0.497 e. The van der Waals surface area contributed by atoms with Crippen LogP contribution in [0.15, 0.2) is 48.5 Å². The molecule has 2 atom stereocenters. The zero-order valence-electron chi connectivity index (χ0n) is 20.3. The molecular formula is C26H36N2O5. The van der Waals surface area contributed by atoms with Gasteiger partial charge in [0.25, 0.3) is 0 Å². The van der Waals surface area contributed by atoms with Gasteiger partial charge in [0.15, 0.2) is 0 Å². The summed E-state index contributed by atoms with van der Waals surface area (Å²) in [7, 11) is 3.23. The molecule has 2 amide bonds. The minimum atomic E-state index is -0.587. The van der Waals surface area contributed by atoms with Gasteiger partial charge in [0.1, 0.15) is 23.3 Å². The van der Waals surface area contributed by atoms with Crippen LogP contribution in [0.25, 0.3) is 0 Å². The number of benzene rings is 2. The molecule has 0 bridgehead atoms. The van der Waals surface area contributed by atoms with Crippen LogP contribution < -0.4 is 19.5 Å². The molecule has 0 aliphatic heterocycles. The molecule has 0 spiro atoms. The van der Waals surface area contributed by atoms with Gasteiger partial charge < -0.3 is 24.4 Å². The molecule has 2 unspecified atom stereocenters. The first-order chi connectivity index (χ1) is 15.9. The first-order valence-electron chi connectivity index (χ1n) is 11.4. The summed E-state index contributed by atoms with van der Waals surface area (Å²) in [5.41, 5.74) is 0.932. The fourth-order valence-electron chi connectivity index (χ4n) is 3.20. The molecule has 0 aliphatic rings. The zero-order valence-corrected chi connectivity index (χ0v) is 20.3. The van der Waals surface area contributed by atoms with Crippen molar-refractivity contribution in [1.82, 2.24) is 10.2 Å². The number of amides is 2. The predicted octanol–water partition coefficient (Wildman–Crippen LogP) is 4.19. The van der Waals surface area contributed by atoms with Crippen LogP contribution in [0.3, 0.4) is 0 Å². The topological polar surface area (TPSA) is 77.1 Å². The Kier molecular flexibility index (Phi) is 10.5. The first kappa shape index (κ1) is 26.0. The number of carbonyl (C=O) groups is 2. The van der Waals surface area contributed by atoms with Crippen LogP contribution in [0.5, 0.6) is 17.2 Å². The van der Waals surface area contributed by atoms with Gasteiger partial charge in [-0.15, -0.1) is 0 Å². The molecule has 2 aromatic rings. The Balaban J connectivity index is 2.00. The number of hydrogen-bond acceptors (Lipinski definition) is 5. The largest absolute Gasteiger partial charge is 0.497 e. The van der Waals surface area contributed by atoms with Gasteiger partial charge in [-0.2, -0.15) is 0 Å². The van der Waals surface area contributed by atoms with Gasteiger partial charge in [0.05, 0.1) is 20.8 Å². The Bertz CT molecular complexity index is 867. The van der Waals surface area contributed by atoms with Gasteiger partial charge in [-0.3, -0.25) is 9.59 Å². The fourth-order valence-corrected chi connectivity index (χ4v) is 3.20. The molecule has 0 aliphatic carbocycles. The van der Waals surface area contributed by atoms with E-state index in [-0.39, 0.29) is 24.3 Å². The van der Waals surface area contributed by atoms with Crippen LogP contribution in [0.4, 0.5) is 0 Å². The average molecular weight is 457 g/mol. The Morgan fingerprint density at radius 3 is 2.00 bits per heavy atom. The van der Waals surface area contributed by atoms with Gasteiger partial charge in [-0.05, 0) is 68.7 Å². The molecule has 0 saturated carbocycles. The lowest BCUT2D eigenvalue weighted by Gasteiger charge is -2.30. The third-order valence-electron chi connectivity index (χ3n) is 5.54. The smallest absolute Gasteiger partial charge is 0.242 e. The average Bonchev–Trinajstić information content (AvgIpc) is 2.85. The highest BCUT2D eigenvalue weighted by Gasteiger charge is 2.26. The molecule has 0 aromatic heterocycles. The van der Waals surface area contributed by atoms with E-state index in [4.69, 9.17) is 14.2 Å². The van der Waals surface area contributed by atoms with Crippen molar-refractivity contribution in [2.45, 2.75) is 58.7 Å². The molecule has 7 heteroatoms. The lowest BCUT2D eigenvalue weighted by Crippen LogP contribution is -2.49. The molecule has 1 N–H and O–H groups in total. The number of nitrogens with zero attached hydrogens (tertiary/aromatic N) is 1. The standard InChI is InChI=1S/C26H36N2O5/c1-6-19(2)27-26(30)20(3)28(18-21-9-11-22(31-4)12-10-21)25(29)8-7-17-33-24-15-13-23(32-5)14-16-24/h9-16,19-20H,6-8,17-18H2,1-5H3,(H,27,30). The van der Waals surface area contributed by atoms with E-state index in [1.807, 2.05) is 62.4 Å². The van der Waals surface area contributed by atoms with E-state index >= 15 is 0 Å². The van der Waals surface area contributed by atoms with Crippen LogP contribution in [0, 0.1) is 0 Å². The highest BCUT2D eigenvalue weighted by Crippen LogP contribution is 2.18. The van der Waals surface area contributed by atoms with Crippen LogP contribution in [0.1, 0.15) is 45.6 Å². The molecule has 0 fully saturated rings. The van der Waals surface area contributed by atoms with Crippen molar-refractivity contribution in [3.8, 4) is 17.2 Å². The Labute approximate surface area is 197 Å². The van der Waals surface area contributed by atoms with Gasteiger partial charge in [0, 0.05) is 19.0 Å². The monoisotopic (exact) mass is 456 g/mol. The van der Waals surface area contributed by atoms with E-state index in [1.54, 1.807) is 26.0 Å². The molecule has 0 saturated heterocycles. The summed E-state index contributed by atoms with van der Waals surface area (Å²) >= 11 is 0. The molecule has 180 valence electrons. The number of methoxy groups -OCH3 is 2. The van der Waals surface area contributed by atoms with E-state index in [1.165, 1.54) is 0 Å². The van der Waals surface area contributed by atoms with Gasteiger partial charge in [0.2, 0.25) is 11.8 Å². The van der Waals surface area contributed by atoms with E-state index in [0.29, 0.717) is 19.6 Å². The summed E-state index contributed by atoms with van der Waals surface area (Å²) in [4.78, 5) is 27.5. The second kappa shape index (κ2) is 13.4. The highest BCUT2D eigenvalue weighted by molar-refractivity contribution is 5.87. The maximum atomic E-state index is 13.1. The summed E-state index contributed by atoms with van der Waals surface area (Å²) in [5.74, 6) is 1.99. The first-order valence-corrected chi connectivity index (χ1v) is 11.4. The fraction of sp³-hybridized carbons (Fsp3) is 0.462. The summed E-state index contributed by atoms with van der Waals surface area (Å²) in [5, 5.41) is 2.98. The predicted molar refractivity (Wildman–Crippen MR) is 129 cm³/mol. The quantitative estimate of drug-likeness (QED) is 0.457. The Morgan fingerprint density at radius 2 is 1.45 bits per heavy atom. The minimum absolute atomic E-state index is 0.0517. The van der Waals surface area contributed by atoms with Gasteiger partial charge in [-0.25, -0.2) is 0 Å². The molecule has 2 aromatic carbocycles. The number of rotatable bonds is 13. The lowest BCUT2D eigenvalue weighted by atomic mass is 10.1. The van der Waals surface area contributed by atoms with E-state index in [9.17, 15) is 9.59 Å². The van der Waals surface area contributed by atoms with Crippen molar-refractivity contribution >= 4 is 11.8 Å². The second-order valence-electron chi connectivity index (χ2n) is 7.99. The van der Waals surface area contributed by atoms with Crippen molar-refractivity contribution < 1.29 is 23.8 Å². The Hall–Kier alpha value is -3.22. The second-order valence-corrected chi connectivity index (χ2v) is 7.99. The number of hydrogen-bond donors (Lipinski definition) is 1. The van der Waals surface area contributed by atoms with Crippen LogP contribution in [-0.4, -0.2) is 49.6 Å². The Morgan fingerprint density at radius 1 is 0.909 bits per heavy atom. The lowest BCUT2D eigenvalue weighted by molar-refractivity contribution is -0.141. The van der Waals surface area contributed by atoms with Crippen molar-refractivity contribution in [3.05, 3.63) is 54.1 Å². The van der Waals surface area contributed by atoms with Gasteiger partial charge in [-0.1, -0.05) is 19.1 Å². The third-order valence-corrected chi connectivity index (χ3v) is 5.54. The molecule has 0 radical (unpaired) electrons. The summed E-state index contributed by atoms with van der Waals surface area (Å²) in [6.07, 6.45) is 1.66. The van der Waals surface area contributed by atoms with E-state index < -0.39 is 6.04 Å². The molecule has 0 heterocycles. The number of nitrogens with one attached hydrogen (secondary N) is 1. The SMILES string of the molecule is CCC(C)NC(=O)C(C)N(Cc1ccc(OC)cc1)C(=O)CCCOc1ccc(OC)cc1. The summed E-state index contributed by atoms with van der Waals surface area (Å²) < 4.78 is 16.1. The number of carbonyl (C=O) groups excluding carboxylic acids is 2. The van der Waals surface area contributed by atoms with Crippen molar-refractivity contribution in [2.24, 2.45) is 0 Å². The number of ether oxygens (including phenoxy) is 3. The molecule has 33 heavy (non-hydrogen) atoms. The maximum absolute atomic E-state index is 13.1. The zero-order chi connectivity index (χ0) is 24.2. The normalized spacial score (nSPS) is 12.4. The van der Waals surface area contributed by atoms with E-state index in [0.717, 1.165) is 29.2 Å². The molecule has 7 nitrogen and oxygen atoms in total. The van der Waals surface area contributed by atoms with Crippen LogP contribution in [-0.2, 0) is 16.1 Å². The van der Waals surface area contributed by atoms with Crippen LogP contribution >= 0.6 is 0 Å². The van der Waals surface area contributed by atoms with Crippen molar-refractivity contribution in [3.63, 3.8) is 0 Å². The van der Waals surface area contributed by atoms with Gasteiger partial charge >= 0.3 is 0 Å². The van der Waals surface area contributed by atoms with Crippen molar-refractivity contribution in [2.75, 3.05) is 20.8 Å². The molecular weight excluding hydrogens is 420 g/mol.